The van der Waals surface area contributed by atoms with E-state index < -0.39 is 10.0 Å². The SMILES string of the molecule is CCCNC(=O)[C@@H]1CCCN(S(=O)(=O)c2ccc(Br)cc2)C1. The van der Waals surface area contributed by atoms with Crippen molar-refractivity contribution in [2.75, 3.05) is 19.6 Å². The molecule has 1 amide bonds. The van der Waals surface area contributed by atoms with E-state index in [2.05, 4.69) is 21.2 Å². The van der Waals surface area contributed by atoms with Crippen LogP contribution in [0.25, 0.3) is 0 Å². The minimum atomic E-state index is -3.53. The molecule has 7 heteroatoms. The minimum Gasteiger partial charge on any atom is -0.356 e. The Balaban J connectivity index is 2.11. The van der Waals surface area contributed by atoms with Crippen molar-refractivity contribution in [3.63, 3.8) is 0 Å². The number of halogens is 1. The number of hydrogen-bond donors (Lipinski definition) is 1. The van der Waals surface area contributed by atoms with Gasteiger partial charge >= 0.3 is 0 Å². The highest BCUT2D eigenvalue weighted by Gasteiger charge is 2.33. The predicted octanol–water partition coefficient (Wildman–Crippen LogP) is 2.38. The van der Waals surface area contributed by atoms with Gasteiger partial charge in [-0.05, 0) is 43.5 Å². The fraction of sp³-hybridized carbons (Fsp3) is 0.533. The van der Waals surface area contributed by atoms with Crippen LogP contribution in [0.2, 0.25) is 0 Å². The number of nitrogens with one attached hydrogen (secondary N) is 1. The van der Waals surface area contributed by atoms with Crippen LogP contribution in [-0.2, 0) is 14.8 Å². The Labute approximate surface area is 140 Å². The van der Waals surface area contributed by atoms with Crippen LogP contribution in [0.5, 0.6) is 0 Å². The zero-order valence-corrected chi connectivity index (χ0v) is 15.0. The van der Waals surface area contributed by atoms with Gasteiger partial charge in [0.1, 0.15) is 0 Å². The summed E-state index contributed by atoms with van der Waals surface area (Å²) in [5, 5.41) is 2.85. The largest absolute Gasteiger partial charge is 0.356 e. The van der Waals surface area contributed by atoms with Crippen molar-refractivity contribution in [3.8, 4) is 0 Å². The molecule has 2 rings (SSSR count). The molecule has 0 spiro atoms. The van der Waals surface area contributed by atoms with Crippen LogP contribution in [0, 0.1) is 5.92 Å². The van der Waals surface area contributed by atoms with Crippen molar-refractivity contribution < 1.29 is 13.2 Å². The number of sulfonamides is 1. The van der Waals surface area contributed by atoms with Gasteiger partial charge in [0.2, 0.25) is 15.9 Å². The molecular formula is C15H21BrN2O3S. The van der Waals surface area contributed by atoms with Gasteiger partial charge in [0.05, 0.1) is 10.8 Å². The lowest BCUT2D eigenvalue weighted by Crippen LogP contribution is -2.45. The average molecular weight is 389 g/mol. The molecule has 122 valence electrons. The number of piperidine rings is 1. The van der Waals surface area contributed by atoms with Crippen LogP contribution in [0.1, 0.15) is 26.2 Å². The number of hydrogen-bond acceptors (Lipinski definition) is 3. The number of carbonyl (C=O) groups is 1. The molecule has 1 atom stereocenters. The topological polar surface area (TPSA) is 66.5 Å². The first-order valence-electron chi connectivity index (χ1n) is 7.48. The highest BCUT2D eigenvalue weighted by Crippen LogP contribution is 2.24. The maximum atomic E-state index is 12.7. The van der Waals surface area contributed by atoms with Crippen LogP contribution in [0.4, 0.5) is 0 Å². The smallest absolute Gasteiger partial charge is 0.243 e. The zero-order chi connectivity index (χ0) is 16.2. The molecular weight excluding hydrogens is 368 g/mol. The summed E-state index contributed by atoms with van der Waals surface area (Å²) in [7, 11) is -3.53. The number of nitrogens with zero attached hydrogens (tertiary/aromatic N) is 1. The summed E-state index contributed by atoms with van der Waals surface area (Å²) in [5.41, 5.74) is 0. The molecule has 1 saturated heterocycles. The van der Waals surface area contributed by atoms with E-state index in [1.54, 1.807) is 24.3 Å². The second kappa shape index (κ2) is 7.57. The van der Waals surface area contributed by atoms with Gasteiger partial charge in [-0.15, -0.1) is 0 Å². The van der Waals surface area contributed by atoms with Crippen LogP contribution in [0.15, 0.2) is 33.6 Å². The van der Waals surface area contributed by atoms with Crippen molar-refractivity contribution in [1.29, 1.82) is 0 Å². The first kappa shape index (κ1) is 17.4. The number of carbonyl (C=O) groups excluding carboxylic acids is 1. The lowest BCUT2D eigenvalue weighted by atomic mass is 9.99. The van der Waals surface area contributed by atoms with Gasteiger partial charge in [0, 0.05) is 24.1 Å². The fourth-order valence-electron chi connectivity index (χ4n) is 2.52. The fourth-order valence-corrected chi connectivity index (χ4v) is 4.31. The number of rotatable bonds is 5. The van der Waals surface area contributed by atoms with Crippen LogP contribution in [0.3, 0.4) is 0 Å². The van der Waals surface area contributed by atoms with E-state index in [0.717, 1.165) is 17.3 Å². The van der Waals surface area contributed by atoms with Gasteiger partial charge in [-0.25, -0.2) is 8.42 Å². The van der Waals surface area contributed by atoms with Crippen molar-refractivity contribution in [3.05, 3.63) is 28.7 Å². The van der Waals surface area contributed by atoms with Crippen LogP contribution in [-0.4, -0.2) is 38.3 Å². The summed E-state index contributed by atoms with van der Waals surface area (Å²) >= 11 is 3.30. The van der Waals surface area contributed by atoms with E-state index in [9.17, 15) is 13.2 Å². The number of benzene rings is 1. The third-order valence-electron chi connectivity index (χ3n) is 3.76. The lowest BCUT2D eigenvalue weighted by molar-refractivity contribution is -0.126. The van der Waals surface area contributed by atoms with Crippen LogP contribution >= 0.6 is 15.9 Å². The Bertz CT molecular complexity index is 616. The Hall–Kier alpha value is -0.920. The summed E-state index contributed by atoms with van der Waals surface area (Å²) in [5.74, 6) is -0.303. The van der Waals surface area contributed by atoms with Gasteiger partial charge in [-0.1, -0.05) is 22.9 Å². The zero-order valence-electron chi connectivity index (χ0n) is 12.6. The molecule has 0 radical (unpaired) electrons. The summed E-state index contributed by atoms with van der Waals surface area (Å²) < 4.78 is 27.6. The molecule has 1 heterocycles. The molecule has 0 saturated carbocycles. The van der Waals surface area contributed by atoms with E-state index in [0.29, 0.717) is 19.5 Å². The van der Waals surface area contributed by atoms with Gasteiger partial charge in [0.25, 0.3) is 0 Å². The monoisotopic (exact) mass is 388 g/mol. The number of amides is 1. The van der Waals surface area contributed by atoms with Gasteiger partial charge in [0.15, 0.2) is 0 Å². The Kier molecular flexibility index (Phi) is 6.00. The molecule has 1 aliphatic rings. The second-order valence-corrected chi connectivity index (χ2v) is 8.30. The maximum absolute atomic E-state index is 12.7. The molecule has 1 aliphatic heterocycles. The van der Waals surface area contributed by atoms with Crippen molar-refractivity contribution in [2.45, 2.75) is 31.1 Å². The Morgan fingerprint density at radius 2 is 2.05 bits per heavy atom. The summed E-state index contributed by atoms with van der Waals surface area (Å²) in [6.07, 6.45) is 2.32. The normalized spacial score (nSPS) is 19.8. The molecule has 0 bridgehead atoms. The summed E-state index contributed by atoms with van der Waals surface area (Å²) in [6.45, 7) is 3.35. The Morgan fingerprint density at radius 3 is 2.68 bits per heavy atom. The summed E-state index contributed by atoms with van der Waals surface area (Å²) in [4.78, 5) is 12.3. The van der Waals surface area contributed by atoms with E-state index in [-0.39, 0.29) is 23.3 Å². The molecule has 5 nitrogen and oxygen atoms in total. The molecule has 1 fully saturated rings. The highest BCUT2D eigenvalue weighted by molar-refractivity contribution is 9.10. The van der Waals surface area contributed by atoms with Gasteiger partial charge in [-0.3, -0.25) is 4.79 Å². The van der Waals surface area contributed by atoms with Crippen molar-refractivity contribution in [1.82, 2.24) is 9.62 Å². The predicted molar refractivity (Wildman–Crippen MR) is 88.9 cm³/mol. The quantitative estimate of drug-likeness (QED) is 0.841. The first-order chi connectivity index (χ1) is 10.4. The van der Waals surface area contributed by atoms with Crippen molar-refractivity contribution >= 4 is 31.9 Å². The minimum absolute atomic E-state index is 0.0439. The molecule has 1 aromatic carbocycles. The van der Waals surface area contributed by atoms with Gasteiger partial charge in [-0.2, -0.15) is 4.31 Å². The Morgan fingerprint density at radius 1 is 1.36 bits per heavy atom. The highest BCUT2D eigenvalue weighted by atomic mass is 79.9. The molecule has 0 aliphatic carbocycles. The third kappa shape index (κ3) is 4.08. The molecule has 0 aromatic heterocycles. The molecule has 1 N–H and O–H groups in total. The van der Waals surface area contributed by atoms with Crippen molar-refractivity contribution in [2.24, 2.45) is 5.92 Å². The van der Waals surface area contributed by atoms with Crippen LogP contribution < -0.4 is 5.32 Å². The lowest BCUT2D eigenvalue weighted by Gasteiger charge is -2.31. The standard InChI is InChI=1S/C15H21BrN2O3S/c1-2-9-17-15(19)12-4-3-10-18(11-12)22(20,21)14-7-5-13(16)6-8-14/h5-8,12H,2-4,9-11H2,1H3,(H,17,19)/t12-/m1/s1. The maximum Gasteiger partial charge on any atom is 0.243 e. The molecule has 1 aromatic rings. The van der Waals surface area contributed by atoms with E-state index in [1.165, 1.54) is 4.31 Å². The van der Waals surface area contributed by atoms with E-state index in [4.69, 9.17) is 0 Å². The van der Waals surface area contributed by atoms with Gasteiger partial charge < -0.3 is 5.32 Å². The second-order valence-electron chi connectivity index (χ2n) is 5.45. The molecule has 0 unspecified atom stereocenters. The first-order valence-corrected chi connectivity index (χ1v) is 9.72. The van der Waals surface area contributed by atoms with E-state index in [1.807, 2.05) is 6.92 Å². The third-order valence-corrected chi connectivity index (χ3v) is 6.16. The molecule has 22 heavy (non-hydrogen) atoms. The average Bonchev–Trinajstić information content (AvgIpc) is 2.53. The summed E-state index contributed by atoms with van der Waals surface area (Å²) in [6, 6.07) is 6.59. The van der Waals surface area contributed by atoms with E-state index >= 15 is 0 Å².